The molecule has 1 heterocycles. The molecule has 0 unspecified atom stereocenters. The number of likely N-dealkylation sites (tertiary alicyclic amines) is 1. The van der Waals surface area contributed by atoms with E-state index in [0.29, 0.717) is 31.5 Å². The minimum atomic E-state index is -0.262. The Bertz CT molecular complexity index is 419. The first kappa shape index (κ1) is 13.9. The van der Waals surface area contributed by atoms with E-state index in [0.717, 1.165) is 5.56 Å². The predicted octanol–water partition coefficient (Wildman–Crippen LogP) is 2.24. The summed E-state index contributed by atoms with van der Waals surface area (Å²) in [5.41, 5.74) is 7.07. The Morgan fingerprint density at radius 3 is 2.63 bits per heavy atom. The smallest absolute Gasteiger partial charge is 0.410 e. The SMILES string of the molecule is CC(C)[C@@H]1CN(C(=O)OCc2ccccc2)C[C@@H]1N. The number of carbonyl (C=O) groups is 1. The van der Waals surface area contributed by atoms with Crippen molar-refractivity contribution in [3.63, 3.8) is 0 Å². The van der Waals surface area contributed by atoms with Crippen LogP contribution in [0.1, 0.15) is 19.4 Å². The predicted molar refractivity (Wildman–Crippen MR) is 74.5 cm³/mol. The van der Waals surface area contributed by atoms with E-state index in [-0.39, 0.29) is 12.1 Å². The van der Waals surface area contributed by atoms with E-state index in [2.05, 4.69) is 13.8 Å². The van der Waals surface area contributed by atoms with E-state index < -0.39 is 0 Å². The van der Waals surface area contributed by atoms with Gasteiger partial charge < -0.3 is 15.4 Å². The second-order valence-electron chi connectivity index (χ2n) is 5.52. The lowest BCUT2D eigenvalue weighted by atomic mass is 9.92. The number of amides is 1. The average Bonchev–Trinajstić information content (AvgIpc) is 2.79. The van der Waals surface area contributed by atoms with E-state index in [4.69, 9.17) is 10.5 Å². The van der Waals surface area contributed by atoms with E-state index in [1.165, 1.54) is 0 Å². The zero-order valence-corrected chi connectivity index (χ0v) is 11.6. The van der Waals surface area contributed by atoms with Crippen LogP contribution in [-0.4, -0.2) is 30.1 Å². The molecule has 2 N–H and O–H groups in total. The molecule has 0 aromatic heterocycles. The third-order valence-corrected chi connectivity index (χ3v) is 3.73. The highest BCUT2D eigenvalue weighted by molar-refractivity contribution is 5.68. The molecule has 1 amide bonds. The van der Waals surface area contributed by atoms with Crippen molar-refractivity contribution in [2.24, 2.45) is 17.6 Å². The van der Waals surface area contributed by atoms with Crippen molar-refractivity contribution in [2.45, 2.75) is 26.5 Å². The van der Waals surface area contributed by atoms with Gasteiger partial charge in [-0.05, 0) is 17.4 Å². The van der Waals surface area contributed by atoms with Crippen molar-refractivity contribution in [1.29, 1.82) is 0 Å². The lowest BCUT2D eigenvalue weighted by Crippen LogP contribution is -2.33. The fourth-order valence-corrected chi connectivity index (χ4v) is 2.52. The highest BCUT2D eigenvalue weighted by Gasteiger charge is 2.35. The molecular weight excluding hydrogens is 240 g/mol. The molecule has 104 valence electrons. The summed E-state index contributed by atoms with van der Waals surface area (Å²) < 4.78 is 5.32. The van der Waals surface area contributed by atoms with Crippen LogP contribution in [-0.2, 0) is 11.3 Å². The average molecular weight is 262 g/mol. The van der Waals surface area contributed by atoms with Gasteiger partial charge in [-0.15, -0.1) is 0 Å². The summed E-state index contributed by atoms with van der Waals surface area (Å²) in [4.78, 5) is 13.7. The Kier molecular flexibility index (Phi) is 4.43. The number of nitrogens with two attached hydrogens (primary N) is 1. The second kappa shape index (κ2) is 6.06. The molecule has 1 fully saturated rings. The Morgan fingerprint density at radius 2 is 2.05 bits per heavy atom. The van der Waals surface area contributed by atoms with Gasteiger partial charge in [0.1, 0.15) is 6.61 Å². The number of ether oxygens (including phenoxy) is 1. The van der Waals surface area contributed by atoms with Crippen LogP contribution in [0.4, 0.5) is 4.79 Å². The van der Waals surface area contributed by atoms with Gasteiger partial charge in [0.05, 0.1) is 0 Å². The van der Waals surface area contributed by atoms with Crippen LogP contribution in [0.5, 0.6) is 0 Å². The molecule has 1 aromatic rings. The number of nitrogens with zero attached hydrogens (tertiary/aromatic N) is 1. The Labute approximate surface area is 114 Å². The summed E-state index contributed by atoms with van der Waals surface area (Å²) in [5, 5.41) is 0. The zero-order chi connectivity index (χ0) is 13.8. The first-order chi connectivity index (χ1) is 9.08. The minimum Gasteiger partial charge on any atom is -0.445 e. The topological polar surface area (TPSA) is 55.6 Å². The standard InChI is InChI=1S/C15H22N2O2/c1-11(2)13-8-17(9-14(13)16)15(18)19-10-12-6-4-3-5-7-12/h3-7,11,13-14H,8-10,16H2,1-2H3/t13-,14-/m0/s1. The highest BCUT2D eigenvalue weighted by Crippen LogP contribution is 2.23. The molecule has 1 aliphatic heterocycles. The molecule has 1 saturated heterocycles. The van der Waals surface area contributed by atoms with E-state index in [1.54, 1.807) is 4.90 Å². The number of rotatable bonds is 3. The van der Waals surface area contributed by atoms with E-state index in [1.807, 2.05) is 30.3 Å². The second-order valence-corrected chi connectivity index (χ2v) is 5.52. The molecule has 1 aliphatic rings. The third kappa shape index (κ3) is 3.47. The summed E-state index contributed by atoms with van der Waals surface area (Å²) in [6, 6.07) is 9.76. The van der Waals surface area contributed by atoms with Gasteiger partial charge in [-0.1, -0.05) is 44.2 Å². The molecule has 2 atom stereocenters. The summed E-state index contributed by atoms with van der Waals surface area (Å²) >= 11 is 0. The van der Waals surface area contributed by atoms with Crippen molar-refractivity contribution < 1.29 is 9.53 Å². The molecule has 0 spiro atoms. The molecule has 0 aliphatic carbocycles. The van der Waals surface area contributed by atoms with Crippen LogP contribution in [0.25, 0.3) is 0 Å². The highest BCUT2D eigenvalue weighted by atomic mass is 16.6. The first-order valence-electron chi connectivity index (χ1n) is 6.79. The van der Waals surface area contributed by atoms with Crippen molar-refractivity contribution >= 4 is 6.09 Å². The third-order valence-electron chi connectivity index (χ3n) is 3.73. The summed E-state index contributed by atoms with van der Waals surface area (Å²) in [6.45, 7) is 5.90. The first-order valence-corrected chi connectivity index (χ1v) is 6.79. The maximum Gasteiger partial charge on any atom is 0.410 e. The van der Waals surface area contributed by atoms with Gasteiger partial charge in [0, 0.05) is 19.1 Å². The van der Waals surface area contributed by atoms with Crippen LogP contribution >= 0.6 is 0 Å². The molecule has 0 bridgehead atoms. The van der Waals surface area contributed by atoms with Crippen LogP contribution in [0.15, 0.2) is 30.3 Å². The number of benzene rings is 1. The lowest BCUT2D eigenvalue weighted by Gasteiger charge is -2.18. The molecule has 0 radical (unpaired) electrons. The number of hydrogen-bond acceptors (Lipinski definition) is 3. The Hall–Kier alpha value is -1.55. The monoisotopic (exact) mass is 262 g/mol. The van der Waals surface area contributed by atoms with Crippen molar-refractivity contribution in [3.8, 4) is 0 Å². The van der Waals surface area contributed by atoms with Gasteiger partial charge in [0.2, 0.25) is 0 Å². The molecule has 4 heteroatoms. The van der Waals surface area contributed by atoms with Gasteiger partial charge in [0.25, 0.3) is 0 Å². The van der Waals surface area contributed by atoms with E-state index >= 15 is 0 Å². The van der Waals surface area contributed by atoms with Crippen LogP contribution in [0.3, 0.4) is 0 Å². The fraction of sp³-hybridized carbons (Fsp3) is 0.533. The van der Waals surface area contributed by atoms with Gasteiger partial charge in [-0.25, -0.2) is 4.79 Å². The molecule has 19 heavy (non-hydrogen) atoms. The van der Waals surface area contributed by atoms with Crippen LogP contribution in [0, 0.1) is 11.8 Å². The molecule has 1 aromatic carbocycles. The van der Waals surface area contributed by atoms with Gasteiger partial charge in [0.15, 0.2) is 0 Å². The van der Waals surface area contributed by atoms with Crippen molar-refractivity contribution in [2.75, 3.05) is 13.1 Å². The fourth-order valence-electron chi connectivity index (χ4n) is 2.52. The number of hydrogen-bond donors (Lipinski definition) is 1. The number of carbonyl (C=O) groups excluding carboxylic acids is 1. The Morgan fingerprint density at radius 1 is 1.37 bits per heavy atom. The normalized spacial score (nSPS) is 22.8. The molecule has 0 saturated carbocycles. The largest absolute Gasteiger partial charge is 0.445 e. The van der Waals surface area contributed by atoms with Crippen molar-refractivity contribution in [3.05, 3.63) is 35.9 Å². The quantitative estimate of drug-likeness (QED) is 0.909. The minimum absolute atomic E-state index is 0.0595. The van der Waals surface area contributed by atoms with Crippen LogP contribution < -0.4 is 5.73 Å². The maximum absolute atomic E-state index is 12.0. The van der Waals surface area contributed by atoms with Crippen LogP contribution in [0.2, 0.25) is 0 Å². The lowest BCUT2D eigenvalue weighted by molar-refractivity contribution is 0.102. The summed E-state index contributed by atoms with van der Waals surface area (Å²) in [6.07, 6.45) is -0.262. The van der Waals surface area contributed by atoms with Gasteiger partial charge in [-0.2, -0.15) is 0 Å². The van der Waals surface area contributed by atoms with Crippen molar-refractivity contribution in [1.82, 2.24) is 4.90 Å². The molecule has 4 nitrogen and oxygen atoms in total. The zero-order valence-electron chi connectivity index (χ0n) is 11.6. The molecule has 2 rings (SSSR count). The van der Waals surface area contributed by atoms with E-state index in [9.17, 15) is 4.79 Å². The maximum atomic E-state index is 12.0. The van der Waals surface area contributed by atoms with Gasteiger partial charge in [-0.3, -0.25) is 0 Å². The summed E-state index contributed by atoms with van der Waals surface area (Å²) in [5.74, 6) is 0.853. The molecular formula is C15H22N2O2. The Balaban J connectivity index is 1.85. The summed E-state index contributed by atoms with van der Waals surface area (Å²) in [7, 11) is 0. The van der Waals surface area contributed by atoms with Gasteiger partial charge >= 0.3 is 6.09 Å².